The van der Waals surface area contributed by atoms with Gasteiger partial charge in [-0.25, -0.2) is 13.1 Å². The summed E-state index contributed by atoms with van der Waals surface area (Å²) in [5, 5.41) is 4.01. The standard InChI is InChI=1S/C10H9Cl2N3O3S/c1-18-6-8-9(19(12,16)17)10(11)15(14-8)7-2-4-13-5-3-7/h2-5H,6H2,1H3. The van der Waals surface area contributed by atoms with Crippen molar-refractivity contribution in [2.45, 2.75) is 11.5 Å². The van der Waals surface area contributed by atoms with Crippen LogP contribution in [0.2, 0.25) is 5.15 Å². The predicted octanol–water partition coefficient (Wildman–Crippen LogP) is 1.99. The Kier molecular flexibility index (Phi) is 4.10. The molecule has 0 bridgehead atoms. The van der Waals surface area contributed by atoms with Crippen molar-refractivity contribution in [1.29, 1.82) is 0 Å². The van der Waals surface area contributed by atoms with E-state index in [0.29, 0.717) is 5.69 Å². The van der Waals surface area contributed by atoms with Crippen LogP contribution in [0.1, 0.15) is 5.69 Å². The smallest absolute Gasteiger partial charge is 0.266 e. The molecule has 2 rings (SSSR count). The number of halogens is 2. The van der Waals surface area contributed by atoms with Crippen molar-refractivity contribution in [1.82, 2.24) is 14.8 Å². The van der Waals surface area contributed by atoms with Crippen LogP contribution in [0.3, 0.4) is 0 Å². The van der Waals surface area contributed by atoms with Crippen LogP contribution in [0.5, 0.6) is 0 Å². The van der Waals surface area contributed by atoms with E-state index in [1.54, 1.807) is 12.1 Å². The van der Waals surface area contributed by atoms with E-state index in [2.05, 4.69) is 10.1 Å². The minimum atomic E-state index is -4.01. The highest BCUT2D eigenvalue weighted by Gasteiger charge is 2.26. The summed E-state index contributed by atoms with van der Waals surface area (Å²) in [4.78, 5) is 3.62. The van der Waals surface area contributed by atoms with Gasteiger partial charge in [0.15, 0.2) is 5.15 Å². The molecule has 0 aliphatic carbocycles. The van der Waals surface area contributed by atoms with E-state index in [1.807, 2.05) is 0 Å². The number of hydrogen-bond donors (Lipinski definition) is 0. The second kappa shape index (κ2) is 5.46. The van der Waals surface area contributed by atoms with Gasteiger partial charge in [-0.1, -0.05) is 11.6 Å². The zero-order valence-electron chi connectivity index (χ0n) is 9.75. The van der Waals surface area contributed by atoms with Crippen LogP contribution in [-0.2, 0) is 20.4 Å². The molecule has 6 nitrogen and oxygen atoms in total. The SMILES string of the molecule is COCc1nn(-c2ccncc2)c(Cl)c1S(=O)(=O)Cl. The Morgan fingerprint density at radius 2 is 2.00 bits per heavy atom. The normalized spacial score (nSPS) is 11.7. The molecule has 102 valence electrons. The Bertz CT molecular complexity index is 686. The average molecular weight is 322 g/mol. The molecule has 0 aromatic carbocycles. The molecule has 2 aromatic rings. The molecule has 0 saturated heterocycles. The van der Waals surface area contributed by atoms with Gasteiger partial charge < -0.3 is 4.74 Å². The molecule has 19 heavy (non-hydrogen) atoms. The Hall–Kier alpha value is -1.15. The first-order chi connectivity index (χ1) is 8.95. The first-order valence-electron chi connectivity index (χ1n) is 5.06. The minimum absolute atomic E-state index is 0.0148. The van der Waals surface area contributed by atoms with Crippen LogP contribution in [0.4, 0.5) is 0 Å². The van der Waals surface area contributed by atoms with Crippen molar-refractivity contribution in [3.63, 3.8) is 0 Å². The van der Waals surface area contributed by atoms with Gasteiger partial charge >= 0.3 is 0 Å². The number of hydrogen-bond acceptors (Lipinski definition) is 5. The first-order valence-corrected chi connectivity index (χ1v) is 7.75. The maximum absolute atomic E-state index is 11.6. The molecule has 0 aliphatic heterocycles. The summed E-state index contributed by atoms with van der Waals surface area (Å²) >= 11 is 6.05. The molecule has 0 amide bonds. The van der Waals surface area contributed by atoms with E-state index in [4.69, 9.17) is 27.0 Å². The van der Waals surface area contributed by atoms with Crippen molar-refractivity contribution < 1.29 is 13.2 Å². The van der Waals surface area contributed by atoms with Gasteiger partial charge in [-0.05, 0) is 12.1 Å². The van der Waals surface area contributed by atoms with Gasteiger partial charge in [0, 0.05) is 30.2 Å². The fourth-order valence-electron chi connectivity index (χ4n) is 1.55. The van der Waals surface area contributed by atoms with Crippen molar-refractivity contribution in [3.05, 3.63) is 35.4 Å². The van der Waals surface area contributed by atoms with Crippen molar-refractivity contribution >= 4 is 31.3 Å². The predicted molar refractivity (Wildman–Crippen MR) is 70.1 cm³/mol. The van der Waals surface area contributed by atoms with Crippen LogP contribution < -0.4 is 0 Å². The Morgan fingerprint density at radius 1 is 1.37 bits per heavy atom. The van der Waals surface area contributed by atoms with E-state index in [1.165, 1.54) is 24.2 Å². The lowest BCUT2D eigenvalue weighted by Crippen LogP contribution is -1.98. The number of rotatable bonds is 4. The van der Waals surface area contributed by atoms with Gasteiger partial charge in [-0.3, -0.25) is 4.98 Å². The molecular formula is C10H9Cl2N3O3S. The highest BCUT2D eigenvalue weighted by molar-refractivity contribution is 8.13. The molecule has 0 spiro atoms. The third kappa shape index (κ3) is 2.89. The molecular weight excluding hydrogens is 313 g/mol. The minimum Gasteiger partial charge on any atom is -0.378 e. The zero-order valence-corrected chi connectivity index (χ0v) is 12.1. The summed E-state index contributed by atoms with van der Waals surface area (Å²) in [5.41, 5.74) is 0.725. The molecule has 2 heterocycles. The fraction of sp³-hybridized carbons (Fsp3) is 0.200. The van der Waals surface area contributed by atoms with E-state index < -0.39 is 9.05 Å². The summed E-state index contributed by atoms with van der Waals surface area (Å²) in [6, 6.07) is 3.28. The maximum Gasteiger partial charge on any atom is 0.266 e. The van der Waals surface area contributed by atoms with Crippen molar-refractivity contribution in [2.24, 2.45) is 0 Å². The van der Waals surface area contributed by atoms with Crippen molar-refractivity contribution in [2.75, 3.05) is 7.11 Å². The van der Waals surface area contributed by atoms with E-state index in [9.17, 15) is 8.42 Å². The summed E-state index contributed by atoms with van der Waals surface area (Å²) in [6.07, 6.45) is 3.08. The van der Waals surface area contributed by atoms with Crippen LogP contribution in [-0.4, -0.2) is 30.3 Å². The largest absolute Gasteiger partial charge is 0.378 e. The Morgan fingerprint density at radius 3 is 2.53 bits per heavy atom. The average Bonchev–Trinajstić information content (AvgIpc) is 2.67. The van der Waals surface area contributed by atoms with Gasteiger partial charge in [-0.2, -0.15) is 5.10 Å². The number of ether oxygens (including phenoxy) is 1. The van der Waals surface area contributed by atoms with Gasteiger partial charge in [0.25, 0.3) is 9.05 Å². The quantitative estimate of drug-likeness (QED) is 0.805. The number of methoxy groups -OCH3 is 1. The highest BCUT2D eigenvalue weighted by atomic mass is 35.7. The first kappa shape index (κ1) is 14.3. The van der Waals surface area contributed by atoms with E-state index in [0.717, 1.165) is 0 Å². The maximum atomic E-state index is 11.6. The Labute approximate surface area is 119 Å². The van der Waals surface area contributed by atoms with Gasteiger partial charge in [0.05, 0.1) is 12.3 Å². The molecule has 0 atom stereocenters. The topological polar surface area (TPSA) is 74.1 Å². The van der Waals surface area contributed by atoms with Gasteiger partial charge in [0.2, 0.25) is 0 Å². The summed E-state index contributed by atoms with van der Waals surface area (Å²) in [6.45, 7) is -0.0148. The molecule has 0 N–H and O–H groups in total. The van der Waals surface area contributed by atoms with Crippen LogP contribution in [0.25, 0.3) is 5.69 Å². The summed E-state index contributed by atoms with van der Waals surface area (Å²) in [7, 11) is 2.78. The van der Waals surface area contributed by atoms with Gasteiger partial charge in [-0.15, -0.1) is 0 Å². The van der Waals surface area contributed by atoms with Crippen LogP contribution in [0.15, 0.2) is 29.4 Å². The molecule has 0 saturated carbocycles. The molecule has 2 aromatic heterocycles. The fourth-order valence-corrected chi connectivity index (χ4v) is 3.38. The number of pyridine rings is 1. The molecule has 0 unspecified atom stereocenters. The van der Waals surface area contributed by atoms with Crippen LogP contribution >= 0.6 is 22.3 Å². The highest BCUT2D eigenvalue weighted by Crippen LogP contribution is 2.30. The number of aromatic nitrogens is 3. The molecule has 0 radical (unpaired) electrons. The van der Waals surface area contributed by atoms with Crippen LogP contribution in [0, 0.1) is 0 Å². The monoisotopic (exact) mass is 321 g/mol. The van der Waals surface area contributed by atoms with Crippen molar-refractivity contribution in [3.8, 4) is 5.69 Å². The zero-order chi connectivity index (χ0) is 14.0. The molecule has 0 aliphatic rings. The third-order valence-electron chi connectivity index (χ3n) is 2.29. The summed E-state index contributed by atoms with van der Waals surface area (Å²) < 4.78 is 29.3. The molecule has 9 heteroatoms. The second-order valence-electron chi connectivity index (χ2n) is 3.55. The Balaban J connectivity index is 2.66. The van der Waals surface area contributed by atoms with E-state index >= 15 is 0 Å². The lowest BCUT2D eigenvalue weighted by molar-refractivity contribution is 0.179. The number of nitrogens with zero attached hydrogens (tertiary/aromatic N) is 3. The van der Waals surface area contributed by atoms with Gasteiger partial charge in [0.1, 0.15) is 10.6 Å². The second-order valence-corrected chi connectivity index (χ2v) is 6.42. The molecule has 0 fully saturated rings. The lowest BCUT2D eigenvalue weighted by Gasteiger charge is -2.01. The lowest BCUT2D eigenvalue weighted by atomic mass is 10.4. The third-order valence-corrected chi connectivity index (χ3v) is 4.13. The van der Waals surface area contributed by atoms with E-state index in [-0.39, 0.29) is 22.3 Å². The summed E-state index contributed by atoms with van der Waals surface area (Å²) in [5.74, 6) is 0.